The third-order valence-electron chi connectivity index (χ3n) is 13.0. The van der Waals surface area contributed by atoms with Crippen molar-refractivity contribution in [2.45, 2.75) is 143 Å². The quantitative estimate of drug-likeness (QED) is 0.0855. The highest BCUT2D eigenvalue weighted by atomic mass is 31.2. The van der Waals surface area contributed by atoms with E-state index in [-0.39, 0.29) is 17.9 Å². The average molecular weight is 684 g/mol. The van der Waals surface area contributed by atoms with E-state index in [1.54, 1.807) is 0 Å². The van der Waals surface area contributed by atoms with E-state index in [0.717, 1.165) is 54.8 Å². The Bertz CT molecular complexity index is 1140. The van der Waals surface area contributed by atoms with Crippen molar-refractivity contribution < 1.29 is 43.0 Å². The summed E-state index contributed by atoms with van der Waals surface area (Å²) < 4.78 is 32.3. The van der Waals surface area contributed by atoms with Gasteiger partial charge in [-0.2, -0.15) is 0 Å². The fraction of sp³-hybridized carbons (Fsp3) is 0.917. The van der Waals surface area contributed by atoms with Gasteiger partial charge in [-0.15, -0.1) is 0 Å². The van der Waals surface area contributed by atoms with Gasteiger partial charge in [-0.25, -0.2) is 9.36 Å². The van der Waals surface area contributed by atoms with Crippen LogP contribution >= 0.6 is 7.82 Å². The van der Waals surface area contributed by atoms with Crippen LogP contribution in [0.2, 0.25) is 0 Å². The number of fused-ring (bicyclic) bond motifs is 5. The molecule has 0 aromatic heterocycles. The summed E-state index contributed by atoms with van der Waals surface area (Å²) in [4.78, 5) is 30.3. The van der Waals surface area contributed by atoms with E-state index in [1.165, 1.54) is 56.9 Å². The first-order chi connectivity index (χ1) is 22.2. The molecule has 0 bridgehead atoms. The maximum atomic E-state index is 12.7. The molecule has 1 heterocycles. The molecule has 11 atom stereocenters. The van der Waals surface area contributed by atoms with Gasteiger partial charge in [0, 0.05) is 19.4 Å². The Kier molecular flexibility index (Phi) is 12.3. The topological polar surface area (TPSA) is 144 Å². The molecule has 270 valence electrons. The van der Waals surface area contributed by atoms with E-state index in [1.807, 2.05) is 0 Å². The first-order valence-electron chi connectivity index (χ1n) is 18.5. The summed E-state index contributed by atoms with van der Waals surface area (Å²) in [5.74, 6) is 4.86. The van der Waals surface area contributed by atoms with Gasteiger partial charge in [-0.1, -0.05) is 65.5 Å². The van der Waals surface area contributed by atoms with Crippen LogP contribution < -0.4 is 5.32 Å². The Morgan fingerprint density at radius 3 is 2.62 bits per heavy atom. The second-order valence-electron chi connectivity index (χ2n) is 16.4. The van der Waals surface area contributed by atoms with Crippen molar-refractivity contribution in [3.63, 3.8) is 0 Å². The molecular weight excluding hydrogens is 621 g/mol. The SMILES string of the molecule is CC(C)CCC[C@@H](C)[C@H]1CC[C@H]2[C@@H]3CC=C4C[C@@H](OC(=O)NCCCO[C@H]5C[C@H](O)[C@@H](COP(=O)(O)O)O5)CC[C@]4(C)[C@H]3CC[C@]12C. The lowest BCUT2D eigenvalue weighted by molar-refractivity contribution is -0.142. The fourth-order valence-electron chi connectivity index (χ4n) is 10.5. The summed E-state index contributed by atoms with van der Waals surface area (Å²) in [5, 5.41) is 12.9. The number of phosphoric acid groups is 1. The summed E-state index contributed by atoms with van der Waals surface area (Å²) in [7, 11) is -4.64. The number of aliphatic hydroxyl groups excluding tert-OH is 1. The zero-order chi connectivity index (χ0) is 34.0. The summed E-state index contributed by atoms with van der Waals surface area (Å²) in [6.07, 6.45) is 13.9. The normalized spacial score (nSPS) is 39.1. The van der Waals surface area contributed by atoms with E-state index < -0.39 is 39.0 Å². The van der Waals surface area contributed by atoms with Crippen molar-refractivity contribution in [3.8, 4) is 0 Å². The Hall–Kier alpha value is -1.00. The summed E-state index contributed by atoms with van der Waals surface area (Å²) in [6, 6.07) is 0. The van der Waals surface area contributed by atoms with Gasteiger partial charge in [0.2, 0.25) is 0 Å². The van der Waals surface area contributed by atoms with Crippen LogP contribution in [-0.4, -0.2) is 65.3 Å². The third-order valence-corrected chi connectivity index (χ3v) is 13.5. The Morgan fingerprint density at radius 1 is 1.09 bits per heavy atom. The maximum Gasteiger partial charge on any atom is 0.469 e. The number of hydrogen-bond acceptors (Lipinski definition) is 7. The van der Waals surface area contributed by atoms with Gasteiger partial charge < -0.3 is 34.4 Å². The highest BCUT2D eigenvalue weighted by molar-refractivity contribution is 7.46. The van der Waals surface area contributed by atoms with Crippen molar-refractivity contribution in [1.29, 1.82) is 0 Å². The minimum Gasteiger partial charge on any atom is -0.446 e. The molecular formula is C36H62NO9P. The lowest BCUT2D eigenvalue weighted by Crippen LogP contribution is -2.51. The molecule has 0 aromatic carbocycles. The number of allylic oxidation sites excluding steroid dienone is 1. The largest absolute Gasteiger partial charge is 0.469 e. The minimum absolute atomic E-state index is 0.0980. The molecule has 1 saturated heterocycles. The highest BCUT2D eigenvalue weighted by Gasteiger charge is 2.59. The molecule has 0 spiro atoms. The molecule has 0 unspecified atom stereocenters. The van der Waals surface area contributed by atoms with Gasteiger partial charge in [0.15, 0.2) is 6.29 Å². The molecule has 10 nitrogen and oxygen atoms in total. The molecule has 5 rings (SSSR count). The first-order valence-corrected chi connectivity index (χ1v) is 20.0. The van der Waals surface area contributed by atoms with Crippen molar-refractivity contribution in [1.82, 2.24) is 5.32 Å². The number of carbonyl (C=O) groups excluding carboxylic acids is 1. The van der Waals surface area contributed by atoms with Gasteiger partial charge in [-0.05, 0) is 97.7 Å². The number of alkyl carbamates (subject to hydrolysis) is 1. The second kappa shape index (κ2) is 15.5. The van der Waals surface area contributed by atoms with Crippen LogP contribution in [0.1, 0.15) is 118 Å². The van der Waals surface area contributed by atoms with Crippen LogP contribution in [0.25, 0.3) is 0 Å². The molecule has 4 fully saturated rings. The van der Waals surface area contributed by atoms with Crippen LogP contribution in [0, 0.1) is 46.3 Å². The van der Waals surface area contributed by atoms with Crippen LogP contribution in [-0.2, 0) is 23.3 Å². The number of phosphoric ester groups is 1. The Balaban J connectivity index is 1.04. The molecule has 3 saturated carbocycles. The average Bonchev–Trinajstić information content (AvgIpc) is 3.54. The van der Waals surface area contributed by atoms with Crippen molar-refractivity contribution in [3.05, 3.63) is 11.6 Å². The molecule has 0 radical (unpaired) electrons. The Labute approximate surface area is 282 Å². The van der Waals surface area contributed by atoms with Gasteiger partial charge in [0.25, 0.3) is 0 Å². The molecule has 4 N–H and O–H groups in total. The third kappa shape index (κ3) is 8.84. The molecule has 47 heavy (non-hydrogen) atoms. The van der Waals surface area contributed by atoms with E-state index in [9.17, 15) is 14.5 Å². The van der Waals surface area contributed by atoms with E-state index >= 15 is 0 Å². The summed E-state index contributed by atoms with van der Waals surface area (Å²) in [6.45, 7) is 12.6. The predicted molar refractivity (Wildman–Crippen MR) is 179 cm³/mol. The predicted octanol–water partition coefficient (Wildman–Crippen LogP) is 7.11. The maximum absolute atomic E-state index is 12.7. The van der Waals surface area contributed by atoms with Gasteiger partial charge in [0.05, 0.1) is 19.3 Å². The van der Waals surface area contributed by atoms with Gasteiger partial charge >= 0.3 is 13.9 Å². The number of hydrogen-bond donors (Lipinski definition) is 4. The number of ether oxygens (including phenoxy) is 3. The smallest absolute Gasteiger partial charge is 0.446 e. The lowest BCUT2D eigenvalue weighted by Gasteiger charge is -2.58. The summed E-state index contributed by atoms with van der Waals surface area (Å²) in [5.41, 5.74) is 2.22. The number of aliphatic hydroxyl groups is 1. The molecule has 4 aliphatic carbocycles. The number of carbonyl (C=O) groups is 1. The molecule has 5 aliphatic rings. The lowest BCUT2D eigenvalue weighted by atomic mass is 9.47. The number of rotatable bonds is 14. The number of amides is 1. The van der Waals surface area contributed by atoms with Crippen LogP contribution in [0.3, 0.4) is 0 Å². The van der Waals surface area contributed by atoms with Crippen LogP contribution in [0.4, 0.5) is 4.79 Å². The monoisotopic (exact) mass is 683 g/mol. The first kappa shape index (κ1) is 37.3. The zero-order valence-electron chi connectivity index (χ0n) is 29.4. The van der Waals surface area contributed by atoms with Crippen molar-refractivity contribution in [2.24, 2.45) is 46.3 Å². The van der Waals surface area contributed by atoms with Gasteiger partial charge in [-0.3, -0.25) is 4.52 Å². The standard InChI is InChI=1S/C36H62NO9P/c1-23(2)8-6-9-24(3)28-12-13-29-27-11-10-25-20-26(14-16-35(25,4)30(27)15-17-36(28,29)5)45-34(39)37-18-7-19-43-33-21-31(38)32(46-33)22-44-47(40,41)42/h10,23-24,26-33,38H,6-9,11-22H2,1-5H3,(H,37,39)(H2,40,41,42)/t24-,26+,27+,28-,29+,30+,31+,32-,33-,35+,36-/m1/s1. The molecule has 1 amide bonds. The van der Waals surface area contributed by atoms with E-state index in [2.05, 4.69) is 50.5 Å². The molecule has 11 heteroatoms. The second-order valence-corrected chi connectivity index (χ2v) is 17.6. The number of nitrogens with one attached hydrogen (secondary N) is 1. The van der Waals surface area contributed by atoms with E-state index in [4.69, 9.17) is 24.0 Å². The Morgan fingerprint density at radius 2 is 1.87 bits per heavy atom. The zero-order valence-corrected chi connectivity index (χ0v) is 30.3. The van der Waals surface area contributed by atoms with Crippen LogP contribution in [0.5, 0.6) is 0 Å². The summed E-state index contributed by atoms with van der Waals surface area (Å²) >= 11 is 0. The molecule has 0 aromatic rings. The minimum atomic E-state index is -4.64. The van der Waals surface area contributed by atoms with Crippen LogP contribution in [0.15, 0.2) is 11.6 Å². The fourth-order valence-corrected chi connectivity index (χ4v) is 10.9. The van der Waals surface area contributed by atoms with E-state index in [0.29, 0.717) is 25.0 Å². The van der Waals surface area contributed by atoms with Crippen molar-refractivity contribution in [2.75, 3.05) is 19.8 Å². The van der Waals surface area contributed by atoms with Gasteiger partial charge in [0.1, 0.15) is 12.2 Å². The van der Waals surface area contributed by atoms with Crippen molar-refractivity contribution >= 4 is 13.9 Å². The highest BCUT2D eigenvalue weighted by Crippen LogP contribution is 2.67. The molecule has 1 aliphatic heterocycles.